The van der Waals surface area contributed by atoms with E-state index in [1.165, 1.54) is 4.31 Å². The molecule has 0 bridgehead atoms. The first-order chi connectivity index (χ1) is 21.7. The van der Waals surface area contributed by atoms with E-state index in [0.717, 1.165) is 16.9 Å². The number of hydrogen-bond acceptors (Lipinski definition) is 9. The first kappa shape index (κ1) is 34.2. The maximum absolute atomic E-state index is 13.5. The zero-order chi connectivity index (χ0) is 32.2. The largest absolute Gasteiger partial charge is 0.497 e. The molecule has 3 aromatic carbocycles. The highest BCUT2D eigenvalue weighted by Crippen LogP contribution is 2.33. The Kier molecular flexibility index (Phi) is 12.6. The van der Waals surface area contributed by atoms with Crippen LogP contribution >= 0.6 is 11.8 Å². The summed E-state index contributed by atoms with van der Waals surface area (Å²) in [4.78, 5) is 37.7. The van der Waals surface area contributed by atoms with Gasteiger partial charge in [0.15, 0.2) is 5.78 Å². The minimum Gasteiger partial charge on any atom is -0.497 e. The average Bonchev–Trinajstić information content (AvgIpc) is 3.50. The van der Waals surface area contributed by atoms with Crippen LogP contribution in [0.25, 0.3) is 0 Å². The van der Waals surface area contributed by atoms with Crippen molar-refractivity contribution >= 4 is 45.1 Å². The van der Waals surface area contributed by atoms with Gasteiger partial charge in [0, 0.05) is 23.2 Å². The molecule has 240 valence electrons. The summed E-state index contributed by atoms with van der Waals surface area (Å²) in [5.41, 5.74) is 2.86. The normalized spacial score (nSPS) is 16.7. The Balaban J connectivity index is 1.34. The number of sulfonamides is 1. The second kappa shape index (κ2) is 16.6. The molecule has 12 heteroatoms. The first-order valence-corrected chi connectivity index (χ1v) is 17.4. The van der Waals surface area contributed by atoms with Crippen molar-refractivity contribution in [2.45, 2.75) is 36.8 Å². The fraction of sp³-hybridized carbons (Fsp3) is 0.364. The molecular formula is C33H39N3O7S2. The van der Waals surface area contributed by atoms with Crippen LogP contribution in [-0.2, 0) is 36.5 Å². The van der Waals surface area contributed by atoms with Crippen LogP contribution in [0.2, 0.25) is 0 Å². The van der Waals surface area contributed by atoms with E-state index in [-0.39, 0.29) is 48.9 Å². The topological polar surface area (TPSA) is 131 Å². The third kappa shape index (κ3) is 10.1. The molecule has 3 aromatic rings. The number of anilines is 1. The highest BCUT2D eigenvalue weighted by atomic mass is 32.2. The van der Waals surface area contributed by atoms with Crippen molar-refractivity contribution < 1.29 is 32.3 Å². The Hall–Kier alpha value is -3.71. The summed E-state index contributed by atoms with van der Waals surface area (Å²) >= 11 is 1.63. The number of benzene rings is 3. The molecule has 4 rings (SSSR count). The third-order valence-corrected chi connectivity index (χ3v) is 10.5. The van der Waals surface area contributed by atoms with Gasteiger partial charge in [-0.25, -0.2) is 13.2 Å². The summed E-state index contributed by atoms with van der Waals surface area (Å²) in [6.07, 6.45) is 0.744. The lowest BCUT2D eigenvalue weighted by Crippen LogP contribution is -2.45. The smallest absolute Gasteiger partial charge is 0.338 e. The molecular weight excluding hydrogens is 615 g/mol. The minimum atomic E-state index is -3.73. The molecule has 2 unspecified atom stereocenters. The van der Waals surface area contributed by atoms with Gasteiger partial charge in [-0.1, -0.05) is 42.5 Å². The molecule has 2 N–H and O–H groups in total. The first-order valence-electron chi connectivity index (χ1n) is 14.8. The van der Waals surface area contributed by atoms with Crippen molar-refractivity contribution in [2.75, 3.05) is 44.4 Å². The number of amides is 1. The van der Waals surface area contributed by atoms with Crippen LogP contribution in [0.3, 0.4) is 0 Å². The Labute approximate surface area is 268 Å². The van der Waals surface area contributed by atoms with E-state index < -0.39 is 22.0 Å². The molecule has 45 heavy (non-hydrogen) atoms. The van der Waals surface area contributed by atoms with E-state index in [1.54, 1.807) is 50.1 Å². The maximum atomic E-state index is 13.5. The third-order valence-electron chi connectivity index (χ3n) is 7.35. The second-order valence-electron chi connectivity index (χ2n) is 10.6. The van der Waals surface area contributed by atoms with Gasteiger partial charge in [0.1, 0.15) is 5.75 Å². The van der Waals surface area contributed by atoms with Crippen LogP contribution < -0.4 is 15.4 Å². The van der Waals surface area contributed by atoms with Crippen LogP contribution in [0.1, 0.15) is 34.8 Å². The van der Waals surface area contributed by atoms with E-state index in [1.807, 2.05) is 54.6 Å². The second-order valence-corrected chi connectivity index (χ2v) is 13.9. The molecule has 0 aliphatic carbocycles. The highest BCUT2D eigenvalue weighted by molar-refractivity contribution is 7.99. The van der Waals surface area contributed by atoms with Crippen LogP contribution in [0.5, 0.6) is 5.75 Å². The quantitative estimate of drug-likeness (QED) is 0.221. The Bertz CT molecular complexity index is 1530. The minimum absolute atomic E-state index is 0.0616. The summed E-state index contributed by atoms with van der Waals surface area (Å²) < 4.78 is 38.6. The van der Waals surface area contributed by atoms with Gasteiger partial charge in [0.2, 0.25) is 15.9 Å². The van der Waals surface area contributed by atoms with E-state index in [4.69, 9.17) is 9.47 Å². The SMILES string of the molecule is CCOC(=O)c1ccc(NC(=O)CNCC(=O)C2CC(SCc3ccc(OC)cc3)CN2S(=O)(=O)CCc2ccccc2)cc1. The van der Waals surface area contributed by atoms with E-state index in [0.29, 0.717) is 29.8 Å². The fourth-order valence-electron chi connectivity index (χ4n) is 4.96. The molecule has 1 fully saturated rings. The molecule has 0 aromatic heterocycles. The number of ether oxygens (including phenoxy) is 2. The van der Waals surface area contributed by atoms with E-state index >= 15 is 0 Å². The van der Waals surface area contributed by atoms with Crippen LogP contribution in [-0.4, -0.2) is 80.8 Å². The molecule has 0 spiro atoms. The number of carbonyl (C=O) groups is 3. The number of aryl methyl sites for hydroxylation is 1. The maximum Gasteiger partial charge on any atom is 0.338 e. The van der Waals surface area contributed by atoms with Crippen molar-refractivity contribution in [3.63, 3.8) is 0 Å². The summed E-state index contributed by atoms with van der Waals surface area (Å²) in [5.74, 6) is 0.239. The number of esters is 1. The van der Waals surface area contributed by atoms with Gasteiger partial charge in [-0.15, -0.1) is 0 Å². The molecule has 10 nitrogen and oxygen atoms in total. The Morgan fingerprint density at radius 3 is 2.31 bits per heavy atom. The predicted octanol–water partition coefficient (Wildman–Crippen LogP) is 3.92. The number of ketones is 1. The number of nitrogens with one attached hydrogen (secondary N) is 2. The van der Waals surface area contributed by atoms with Gasteiger partial charge in [-0.05, 0) is 67.3 Å². The monoisotopic (exact) mass is 653 g/mol. The van der Waals surface area contributed by atoms with Crippen LogP contribution in [0.15, 0.2) is 78.9 Å². The van der Waals surface area contributed by atoms with Gasteiger partial charge < -0.3 is 20.1 Å². The van der Waals surface area contributed by atoms with E-state index in [9.17, 15) is 22.8 Å². The molecule has 0 radical (unpaired) electrons. The van der Waals surface area contributed by atoms with E-state index in [2.05, 4.69) is 10.6 Å². The Morgan fingerprint density at radius 2 is 1.64 bits per heavy atom. The summed E-state index contributed by atoms with van der Waals surface area (Å²) in [5, 5.41) is 5.52. The predicted molar refractivity (Wildman–Crippen MR) is 176 cm³/mol. The lowest BCUT2D eigenvalue weighted by Gasteiger charge is -2.23. The molecule has 1 aliphatic heterocycles. The number of methoxy groups -OCH3 is 1. The van der Waals surface area contributed by atoms with Crippen LogP contribution in [0.4, 0.5) is 5.69 Å². The number of thioether (sulfide) groups is 1. The number of nitrogens with zero attached hydrogens (tertiary/aromatic N) is 1. The summed E-state index contributed by atoms with van der Waals surface area (Å²) in [6.45, 7) is 1.94. The summed E-state index contributed by atoms with van der Waals surface area (Å²) in [7, 11) is -2.12. The molecule has 1 heterocycles. The standard InChI is InChI=1S/C33H39N3O7S2/c1-3-43-33(39)26-11-13-27(14-12-26)35-32(38)21-34-20-31(37)30-19-29(44-23-25-9-15-28(42-2)16-10-25)22-36(30)45(40,41)18-17-24-7-5-4-6-8-24/h4-16,29-30,34H,3,17-23H2,1-2H3,(H,35,38). The van der Waals surface area contributed by atoms with Gasteiger partial charge in [-0.3, -0.25) is 9.59 Å². The lowest BCUT2D eigenvalue weighted by molar-refractivity contribution is -0.121. The van der Waals surface area contributed by atoms with Crippen molar-refractivity contribution in [3.8, 4) is 5.75 Å². The zero-order valence-electron chi connectivity index (χ0n) is 25.4. The van der Waals surface area contributed by atoms with Gasteiger partial charge >= 0.3 is 5.97 Å². The number of rotatable bonds is 16. The van der Waals surface area contributed by atoms with Gasteiger partial charge in [0.25, 0.3) is 0 Å². The zero-order valence-corrected chi connectivity index (χ0v) is 27.1. The molecule has 0 saturated carbocycles. The van der Waals surface area contributed by atoms with Crippen molar-refractivity contribution in [1.82, 2.24) is 9.62 Å². The number of Topliss-reactive ketones (excluding diaryl/α,β-unsaturated/α-hetero) is 1. The molecule has 1 saturated heterocycles. The summed E-state index contributed by atoms with van der Waals surface area (Å²) in [6, 6.07) is 22.6. The fourth-order valence-corrected chi connectivity index (χ4v) is 7.99. The molecule has 1 amide bonds. The number of hydrogen-bond donors (Lipinski definition) is 2. The van der Waals surface area contributed by atoms with Crippen molar-refractivity contribution in [2.24, 2.45) is 0 Å². The lowest BCUT2D eigenvalue weighted by atomic mass is 10.1. The van der Waals surface area contributed by atoms with Crippen LogP contribution in [0, 0.1) is 0 Å². The average molecular weight is 654 g/mol. The van der Waals surface area contributed by atoms with Gasteiger partial charge in [-0.2, -0.15) is 16.1 Å². The number of carbonyl (C=O) groups excluding carboxylic acids is 3. The molecule has 2 atom stereocenters. The molecule has 1 aliphatic rings. The highest BCUT2D eigenvalue weighted by Gasteiger charge is 2.42. The van der Waals surface area contributed by atoms with Crippen molar-refractivity contribution in [3.05, 3.63) is 95.6 Å². The van der Waals surface area contributed by atoms with Crippen molar-refractivity contribution in [1.29, 1.82) is 0 Å². The van der Waals surface area contributed by atoms with Gasteiger partial charge in [0.05, 0.1) is 44.2 Å². The Morgan fingerprint density at radius 1 is 0.933 bits per heavy atom.